The van der Waals surface area contributed by atoms with Crippen molar-refractivity contribution in [2.24, 2.45) is 11.7 Å². The van der Waals surface area contributed by atoms with Crippen LogP contribution in [-0.4, -0.2) is 24.3 Å². The first-order valence-electron chi connectivity index (χ1n) is 7.27. The minimum absolute atomic E-state index is 0.100. The second-order valence-electron chi connectivity index (χ2n) is 5.34. The van der Waals surface area contributed by atoms with E-state index in [4.69, 9.17) is 5.73 Å². The van der Waals surface area contributed by atoms with Crippen LogP contribution in [-0.2, 0) is 9.59 Å². The number of hydrogen-bond acceptors (Lipinski definition) is 3. The summed E-state index contributed by atoms with van der Waals surface area (Å²) in [6.07, 6.45) is 2.22. The van der Waals surface area contributed by atoms with Gasteiger partial charge in [-0.15, -0.1) is 0 Å². The molecule has 0 bridgehead atoms. The standard InChI is InChI=1S/C16H22N2O2/c1-2-12(11-7-4-3-5-8-11)15(19)13-9-6-10-18-16(20)14(13)17/h3-5,7-8,12-14H,2,6,9-10,17H2,1H3,(H,18,20). The van der Waals surface area contributed by atoms with Gasteiger partial charge in [-0.2, -0.15) is 0 Å². The Kier molecular flexibility index (Phi) is 4.90. The van der Waals surface area contributed by atoms with E-state index in [1.54, 1.807) is 0 Å². The van der Waals surface area contributed by atoms with E-state index in [0.29, 0.717) is 13.0 Å². The number of hydrogen-bond donors (Lipinski definition) is 2. The summed E-state index contributed by atoms with van der Waals surface area (Å²) in [4.78, 5) is 24.6. The lowest BCUT2D eigenvalue weighted by Crippen LogP contribution is -2.46. The first kappa shape index (κ1) is 14.7. The van der Waals surface area contributed by atoms with Gasteiger partial charge in [-0.3, -0.25) is 9.59 Å². The Balaban J connectivity index is 2.21. The van der Waals surface area contributed by atoms with Crippen LogP contribution in [0.4, 0.5) is 0 Å². The third kappa shape index (κ3) is 3.07. The van der Waals surface area contributed by atoms with Gasteiger partial charge in [0.1, 0.15) is 5.78 Å². The molecule has 1 fully saturated rings. The Morgan fingerprint density at radius 3 is 2.75 bits per heavy atom. The summed E-state index contributed by atoms with van der Waals surface area (Å²) in [5, 5.41) is 2.76. The van der Waals surface area contributed by atoms with Crippen molar-refractivity contribution in [3.63, 3.8) is 0 Å². The van der Waals surface area contributed by atoms with Gasteiger partial charge in [0.2, 0.25) is 5.91 Å². The second kappa shape index (κ2) is 6.66. The maximum absolute atomic E-state index is 12.8. The van der Waals surface area contributed by atoms with E-state index in [1.807, 2.05) is 37.3 Å². The zero-order valence-corrected chi connectivity index (χ0v) is 11.8. The highest BCUT2D eigenvalue weighted by Gasteiger charge is 2.35. The molecular weight excluding hydrogens is 252 g/mol. The van der Waals surface area contributed by atoms with Gasteiger partial charge in [-0.25, -0.2) is 0 Å². The second-order valence-corrected chi connectivity index (χ2v) is 5.34. The molecular formula is C16H22N2O2. The molecule has 1 aliphatic rings. The van der Waals surface area contributed by atoms with Crippen molar-refractivity contribution in [1.29, 1.82) is 0 Å². The third-order valence-electron chi connectivity index (χ3n) is 4.05. The number of benzene rings is 1. The first-order chi connectivity index (χ1) is 9.65. The Hall–Kier alpha value is -1.68. The fraction of sp³-hybridized carbons (Fsp3) is 0.500. The molecule has 4 nitrogen and oxygen atoms in total. The van der Waals surface area contributed by atoms with Gasteiger partial charge >= 0.3 is 0 Å². The fourth-order valence-corrected chi connectivity index (χ4v) is 2.88. The zero-order chi connectivity index (χ0) is 14.5. The number of nitrogens with one attached hydrogen (secondary N) is 1. The molecule has 3 atom stereocenters. The molecule has 4 heteroatoms. The Morgan fingerprint density at radius 1 is 1.40 bits per heavy atom. The molecule has 1 amide bonds. The van der Waals surface area contributed by atoms with E-state index in [-0.39, 0.29) is 23.5 Å². The molecule has 108 valence electrons. The summed E-state index contributed by atoms with van der Waals surface area (Å²) in [6, 6.07) is 9.02. The minimum Gasteiger partial charge on any atom is -0.355 e. The van der Waals surface area contributed by atoms with Crippen molar-refractivity contribution in [3.05, 3.63) is 35.9 Å². The maximum atomic E-state index is 12.8. The molecule has 0 radical (unpaired) electrons. The van der Waals surface area contributed by atoms with E-state index in [1.165, 1.54) is 0 Å². The summed E-state index contributed by atoms with van der Waals surface area (Å²) < 4.78 is 0. The van der Waals surface area contributed by atoms with E-state index in [2.05, 4.69) is 5.32 Å². The predicted molar refractivity (Wildman–Crippen MR) is 78.2 cm³/mol. The van der Waals surface area contributed by atoms with Crippen molar-refractivity contribution in [2.45, 2.75) is 38.1 Å². The van der Waals surface area contributed by atoms with E-state index in [9.17, 15) is 9.59 Å². The third-order valence-corrected chi connectivity index (χ3v) is 4.05. The van der Waals surface area contributed by atoms with Gasteiger partial charge < -0.3 is 11.1 Å². The first-order valence-corrected chi connectivity index (χ1v) is 7.27. The molecule has 0 saturated carbocycles. The number of Topliss-reactive ketones (excluding diaryl/α,β-unsaturated/α-hetero) is 1. The number of carbonyl (C=O) groups excluding carboxylic acids is 2. The number of carbonyl (C=O) groups is 2. The molecule has 1 saturated heterocycles. The van der Waals surface area contributed by atoms with Gasteiger partial charge in [-0.05, 0) is 24.8 Å². The van der Waals surface area contributed by atoms with E-state index >= 15 is 0 Å². The summed E-state index contributed by atoms with van der Waals surface area (Å²) in [6.45, 7) is 2.61. The average Bonchev–Trinajstić information content (AvgIpc) is 2.63. The fourth-order valence-electron chi connectivity index (χ4n) is 2.88. The van der Waals surface area contributed by atoms with Crippen LogP contribution < -0.4 is 11.1 Å². The van der Waals surface area contributed by atoms with Crippen LogP contribution in [0.25, 0.3) is 0 Å². The molecule has 1 aliphatic heterocycles. The van der Waals surface area contributed by atoms with Crippen molar-refractivity contribution >= 4 is 11.7 Å². The largest absolute Gasteiger partial charge is 0.355 e. The highest BCUT2D eigenvalue weighted by molar-refractivity contribution is 5.94. The van der Waals surface area contributed by atoms with Crippen LogP contribution in [0.5, 0.6) is 0 Å². The number of nitrogens with two attached hydrogens (primary N) is 1. The van der Waals surface area contributed by atoms with E-state index in [0.717, 1.165) is 18.4 Å². The molecule has 0 aliphatic carbocycles. The average molecular weight is 274 g/mol. The normalized spacial score (nSPS) is 24.6. The monoisotopic (exact) mass is 274 g/mol. The van der Waals surface area contributed by atoms with Crippen LogP contribution in [0.3, 0.4) is 0 Å². The topological polar surface area (TPSA) is 72.2 Å². The molecule has 1 aromatic carbocycles. The van der Waals surface area contributed by atoms with Gasteiger partial charge in [0.25, 0.3) is 0 Å². The smallest absolute Gasteiger partial charge is 0.237 e. The highest BCUT2D eigenvalue weighted by Crippen LogP contribution is 2.27. The Labute approximate surface area is 119 Å². The van der Waals surface area contributed by atoms with Crippen LogP contribution >= 0.6 is 0 Å². The zero-order valence-electron chi connectivity index (χ0n) is 11.8. The summed E-state index contributed by atoms with van der Waals surface area (Å²) in [5.74, 6) is -0.646. The Morgan fingerprint density at radius 2 is 2.10 bits per heavy atom. The summed E-state index contributed by atoms with van der Waals surface area (Å²) in [7, 11) is 0. The van der Waals surface area contributed by atoms with Crippen LogP contribution in [0.2, 0.25) is 0 Å². The van der Waals surface area contributed by atoms with E-state index < -0.39 is 6.04 Å². The molecule has 0 aromatic heterocycles. The van der Waals surface area contributed by atoms with Crippen LogP contribution in [0.15, 0.2) is 30.3 Å². The lowest BCUT2D eigenvalue weighted by atomic mass is 9.80. The van der Waals surface area contributed by atoms with Crippen molar-refractivity contribution in [3.8, 4) is 0 Å². The summed E-state index contributed by atoms with van der Waals surface area (Å²) >= 11 is 0. The maximum Gasteiger partial charge on any atom is 0.237 e. The van der Waals surface area contributed by atoms with Gasteiger partial charge in [0, 0.05) is 18.4 Å². The number of rotatable bonds is 4. The summed E-state index contributed by atoms with van der Waals surface area (Å²) in [5.41, 5.74) is 6.97. The van der Waals surface area contributed by atoms with Crippen LogP contribution in [0.1, 0.15) is 37.7 Å². The number of amides is 1. The number of ketones is 1. The molecule has 1 heterocycles. The molecule has 3 N–H and O–H groups in total. The van der Waals surface area contributed by atoms with Gasteiger partial charge in [-0.1, -0.05) is 37.3 Å². The molecule has 0 spiro atoms. The van der Waals surface area contributed by atoms with Crippen LogP contribution in [0, 0.1) is 5.92 Å². The lowest BCUT2D eigenvalue weighted by Gasteiger charge is -2.24. The quantitative estimate of drug-likeness (QED) is 0.876. The van der Waals surface area contributed by atoms with Crippen molar-refractivity contribution in [1.82, 2.24) is 5.32 Å². The van der Waals surface area contributed by atoms with Gasteiger partial charge in [0.05, 0.1) is 6.04 Å². The molecule has 3 unspecified atom stereocenters. The molecule has 1 aromatic rings. The van der Waals surface area contributed by atoms with Crippen molar-refractivity contribution in [2.75, 3.05) is 6.54 Å². The highest BCUT2D eigenvalue weighted by atomic mass is 16.2. The SMILES string of the molecule is CCC(C(=O)C1CCCNC(=O)C1N)c1ccccc1. The van der Waals surface area contributed by atoms with Gasteiger partial charge in [0.15, 0.2) is 0 Å². The van der Waals surface area contributed by atoms with Crippen molar-refractivity contribution < 1.29 is 9.59 Å². The molecule has 2 rings (SSSR count). The lowest BCUT2D eigenvalue weighted by molar-refractivity contribution is -0.130. The predicted octanol–water partition coefficient (Wildman–Crippen LogP) is 1.60. The Bertz CT molecular complexity index is 473. The molecule has 20 heavy (non-hydrogen) atoms. The minimum atomic E-state index is -0.720.